The van der Waals surface area contributed by atoms with Crippen LogP contribution in [0.3, 0.4) is 0 Å². The van der Waals surface area contributed by atoms with Crippen LogP contribution in [-0.2, 0) is 13.0 Å². The van der Waals surface area contributed by atoms with Gasteiger partial charge in [0.1, 0.15) is 0 Å². The van der Waals surface area contributed by atoms with Crippen LogP contribution in [0.2, 0.25) is 0 Å². The van der Waals surface area contributed by atoms with Gasteiger partial charge in [-0.15, -0.1) is 10.2 Å². The first-order valence-corrected chi connectivity index (χ1v) is 7.71. The molecule has 23 heavy (non-hydrogen) atoms. The van der Waals surface area contributed by atoms with Crippen molar-refractivity contribution < 1.29 is 4.79 Å². The Kier molecular flexibility index (Phi) is 4.57. The lowest BCUT2D eigenvalue weighted by atomic mass is 10.1. The number of tetrazole rings is 1. The van der Waals surface area contributed by atoms with Gasteiger partial charge >= 0.3 is 0 Å². The summed E-state index contributed by atoms with van der Waals surface area (Å²) in [6.45, 7) is 2.54. The van der Waals surface area contributed by atoms with Gasteiger partial charge < -0.3 is 0 Å². The van der Waals surface area contributed by atoms with E-state index in [-0.39, 0.29) is 5.78 Å². The number of aromatic nitrogens is 4. The molecule has 0 saturated heterocycles. The molecule has 5 heteroatoms. The van der Waals surface area contributed by atoms with E-state index in [0.29, 0.717) is 24.4 Å². The zero-order valence-corrected chi connectivity index (χ0v) is 13.0. The summed E-state index contributed by atoms with van der Waals surface area (Å²) in [4.78, 5) is 13.6. The predicted octanol–water partition coefficient (Wildman–Crippen LogP) is 3.18. The number of hydrogen-bond donors (Lipinski definition) is 0. The first kappa shape index (κ1) is 15.1. The van der Waals surface area contributed by atoms with Gasteiger partial charge in [-0.3, -0.25) is 4.79 Å². The van der Waals surface area contributed by atoms with E-state index in [9.17, 15) is 4.79 Å². The molecule has 0 N–H and O–H groups in total. The van der Waals surface area contributed by atoms with Gasteiger partial charge in [0.15, 0.2) is 5.78 Å². The summed E-state index contributed by atoms with van der Waals surface area (Å²) >= 11 is 0. The zero-order valence-electron chi connectivity index (χ0n) is 13.0. The number of ketones is 1. The molecule has 0 aliphatic heterocycles. The molecule has 1 heterocycles. The molecule has 0 bridgehead atoms. The molecule has 0 aliphatic rings. The first-order chi connectivity index (χ1) is 11.3. The summed E-state index contributed by atoms with van der Waals surface area (Å²) in [7, 11) is 0. The molecule has 0 unspecified atom stereocenters. The summed E-state index contributed by atoms with van der Waals surface area (Å²) in [5.41, 5.74) is 2.92. The molecule has 5 nitrogen and oxygen atoms in total. The number of nitrogens with zero attached hydrogens (tertiary/aromatic N) is 4. The second kappa shape index (κ2) is 6.96. The van der Waals surface area contributed by atoms with E-state index in [1.807, 2.05) is 42.5 Å². The van der Waals surface area contributed by atoms with Crippen LogP contribution in [0, 0.1) is 0 Å². The number of benzene rings is 2. The van der Waals surface area contributed by atoms with Crippen molar-refractivity contribution in [3.8, 4) is 11.4 Å². The second-order valence-corrected chi connectivity index (χ2v) is 5.30. The lowest BCUT2D eigenvalue weighted by Gasteiger charge is -2.00. The molecule has 0 aliphatic carbocycles. The van der Waals surface area contributed by atoms with Crippen molar-refractivity contribution in [1.29, 1.82) is 0 Å². The largest absolute Gasteiger partial charge is 0.294 e. The van der Waals surface area contributed by atoms with Crippen LogP contribution in [-0.4, -0.2) is 26.0 Å². The van der Waals surface area contributed by atoms with E-state index in [2.05, 4.69) is 34.5 Å². The SMILES string of the molecule is CCc1ccc(-c2nnn(CCC(=O)c3ccccc3)n2)cc1. The Morgan fingerprint density at radius 1 is 1.04 bits per heavy atom. The van der Waals surface area contributed by atoms with Gasteiger partial charge in [0.25, 0.3) is 0 Å². The van der Waals surface area contributed by atoms with E-state index in [1.54, 1.807) is 0 Å². The summed E-state index contributed by atoms with van der Waals surface area (Å²) in [6.07, 6.45) is 1.36. The molecule has 0 saturated carbocycles. The fraction of sp³-hybridized carbons (Fsp3) is 0.222. The molecular weight excluding hydrogens is 288 g/mol. The first-order valence-electron chi connectivity index (χ1n) is 7.71. The Morgan fingerprint density at radius 2 is 1.78 bits per heavy atom. The highest BCUT2D eigenvalue weighted by Crippen LogP contribution is 2.15. The minimum absolute atomic E-state index is 0.0803. The maximum atomic E-state index is 12.1. The van der Waals surface area contributed by atoms with Gasteiger partial charge in [0.2, 0.25) is 5.82 Å². The van der Waals surface area contributed by atoms with Crippen molar-refractivity contribution in [1.82, 2.24) is 20.2 Å². The van der Waals surface area contributed by atoms with Crippen molar-refractivity contribution in [3.63, 3.8) is 0 Å². The van der Waals surface area contributed by atoms with Crippen LogP contribution in [0.25, 0.3) is 11.4 Å². The number of aryl methyl sites for hydroxylation is 2. The van der Waals surface area contributed by atoms with Crippen LogP contribution in [0.5, 0.6) is 0 Å². The number of Topliss-reactive ketones (excluding diaryl/α,β-unsaturated/α-hetero) is 1. The van der Waals surface area contributed by atoms with Crippen LogP contribution in [0.15, 0.2) is 54.6 Å². The van der Waals surface area contributed by atoms with Gasteiger partial charge in [-0.1, -0.05) is 61.5 Å². The van der Waals surface area contributed by atoms with Gasteiger partial charge in [0, 0.05) is 17.5 Å². The van der Waals surface area contributed by atoms with Crippen molar-refractivity contribution >= 4 is 5.78 Å². The van der Waals surface area contributed by atoms with Crippen LogP contribution >= 0.6 is 0 Å². The van der Waals surface area contributed by atoms with Crippen molar-refractivity contribution in [2.45, 2.75) is 26.3 Å². The molecule has 1 aromatic heterocycles. The van der Waals surface area contributed by atoms with Gasteiger partial charge in [-0.25, -0.2) is 0 Å². The third-order valence-electron chi connectivity index (χ3n) is 3.71. The van der Waals surface area contributed by atoms with Gasteiger partial charge in [0.05, 0.1) is 6.54 Å². The smallest absolute Gasteiger partial charge is 0.204 e. The summed E-state index contributed by atoms with van der Waals surface area (Å²) in [5, 5.41) is 12.4. The minimum atomic E-state index is 0.0803. The van der Waals surface area contributed by atoms with E-state index in [0.717, 1.165) is 12.0 Å². The third kappa shape index (κ3) is 3.69. The third-order valence-corrected chi connectivity index (χ3v) is 3.71. The van der Waals surface area contributed by atoms with Crippen molar-refractivity contribution in [2.24, 2.45) is 0 Å². The Bertz CT molecular complexity index is 778. The molecule has 0 fully saturated rings. The Hall–Kier alpha value is -2.82. The quantitative estimate of drug-likeness (QED) is 0.656. The lowest BCUT2D eigenvalue weighted by Crippen LogP contribution is -2.08. The molecule has 0 amide bonds. The van der Waals surface area contributed by atoms with Gasteiger partial charge in [-0.05, 0) is 17.2 Å². The van der Waals surface area contributed by atoms with Crippen molar-refractivity contribution in [3.05, 3.63) is 65.7 Å². The van der Waals surface area contributed by atoms with E-state index >= 15 is 0 Å². The molecular formula is C18H18N4O. The number of rotatable bonds is 6. The van der Waals surface area contributed by atoms with Crippen LogP contribution in [0.4, 0.5) is 0 Å². The summed E-state index contributed by atoms with van der Waals surface area (Å²) in [6, 6.07) is 17.4. The molecule has 116 valence electrons. The highest BCUT2D eigenvalue weighted by atomic mass is 16.1. The molecule has 0 radical (unpaired) electrons. The predicted molar refractivity (Wildman–Crippen MR) is 88.0 cm³/mol. The molecule has 3 rings (SSSR count). The molecule has 0 atom stereocenters. The normalized spacial score (nSPS) is 10.7. The minimum Gasteiger partial charge on any atom is -0.294 e. The average Bonchev–Trinajstić information content (AvgIpc) is 3.09. The van der Waals surface area contributed by atoms with Crippen LogP contribution < -0.4 is 0 Å². The Labute approximate surface area is 135 Å². The number of carbonyl (C=O) groups is 1. The topological polar surface area (TPSA) is 60.7 Å². The lowest BCUT2D eigenvalue weighted by molar-refractivity contribution is 0.0973. The molecule has 2 aromatic carbocycles. The van der Waals surface area contributed by atoms with Crippen molar-refractivity contribution in [2.75, 3.05) is 0 Å². The zero-order chi connectivity index (χ0) is 16.1. The fourth-order valence-electron chi connectivity index (χ4n) is 2.31. The average molecular weight is 306 g/mol. The standard InChI is InChI=1S/C18H18N4O/c1-2-14-8-10-16(11-9-14)18-19-21-22(20-18)13-12-17(23)15-6-4-3-5-7-15/h3-11H,2,12-13H2,1H3. The number of carbonyl (C=O) groups excluding carboxylic acids is 1. The maximum absolute atomic E-state index is 12.1. The highest BCUT2D eigenvalue weighted by Gasteiger charge is 2.09. The Morgan fingerprint density at radius 3 is 2.48 bits per heavy atom. The monoisotopic (exact) mass is 306 g/mol. The summed E-state index contributed by atoms with van der Waals surface area (Å²) in [5.74, 6) is 0.663. The maximum Gasteiger partial charge on any atom is 0.204 e. The highest BCUT2D eigenvalue weighted by molar-refractivity contribution is 5.95. The van der Waals surface area contributed by atoms with E-state index < -0.39 is 0 Å². The van der Waals surface area contributed by atoms with Crippen LogP contribution in [0.1, 0.15) is 29.3 Å². The molecule has 3 aromatic rings. The Balaban J connectivity index is 1.64. The van der Waals surface area contributed by atoms with Gasteiger partial charge in [-0.2, -0.15) is 4.80 Å². The van der Waals surface area contributed by atoms with E-state index in [4.69, 9.17) is 0 Å². The number of hydrogen-bond acceptors (Lipinski definition) is 4. The molecule has 0 spiro atoms. The van der Waals surface area contributed by atoms with E-state index in [1.165, 1.54) is 10.4 Å². The fourth-order valence-corrected chi connectivity index (χ4v) is 2.31. The summed E-state index contributed by atoms with van der Waals surface area (Å²) < 4.78 is 0. The second-order valence-electron chi connectivity index (χ2n) is 5.30.